The van der Waals surface area contributed by atoms with Gasteiger partial charge in [0.15, 0.2) is 0 Å². The van der Waals surface area contributed by atoms with Crippen molar-refractivity contribution in [3.8, 4) is 5.75 Å². The van der Waals surface area contributed by atoms with Crippen LogP contribution in [0.4, 0.5) is 11.4 Å². The third-order valence-electron chi connectivity index (χ3n) is 4.18. The molecule has 128 valence electrons. The van der Waals surface area contributed by atoms with E-state index in [9.17, 15) is 8.42 Å². The molecule has 0 bridgehead atoms. The first-order valence-corrected chi connectivity index (χ1v) is 9.20. The number of para-hydroxylation sites is 2. The van der Waals surface area contributed by atoms with Gasteiger partial charge in [-0.05, 0) is 36.4 Å². The van der Waals surface area contributed by atoms with Crippen LogP contribution >= 0.6 is 0 Å². The van der Waals surface area contributed by atoms with Gasteiger partial charge >= 0.3 is 0 Å². The lowest BCUT2D eigenvalue weighted by molar-refractivity contribution is 0.378. The molecule has 0 aromatic heterocycles. The second-order valence-electron chi connectivity index (χ2n) is 5.63. The molecule has 3 rings (SSSR count). The Kier molecular flexibility index (Phi) is 4.64. The fraction of sp³-hybridized carbons (Fsp3) is 0.294. The summed E-state index contributed by atoms with van der Waals surface area (Å²) in [5.74, 6) is 0.798. The summed E-state index contributed by atoms with van der Waals surface area (Å²) in [7, 11) is -1.84. The van der Waals surface area contributed by atoms with E-state index in [1.54, 1.807) is 31.4 Å². The Morgan fingerprint density at radius 3 is 2.21 bits per heavy atom. The van der Waals surface area contributed by atoms with Crippen LogP contribution in [0.5, 0.6) is 5.75 Å². The average Bonchev–Trinajstić information content (AvgIpc) is 2.62. The summed E-state index contributed by atoms with van der Waals surface area (Å²) in [6, 6.07) is 14.1. The molecule has 0 spiro atoms. The lowest BCUT2D eigenvalue weighted by atomic mass is 10.2. The molecule has 1 saturated heterocycles. The van der Waals surface area contributed by atoms with Crippen LogP contribution in [0, 0.1) is 0 Å². The molecule has 0 unspecified atom stereocenters. The van der Waals surface area contributed by atoms with Gasteiger partial charge in [-0.1, -0.05) is 12.1 Å². The van der Waals surface area contributed by atoms with E-state index < -0.39 is 10.0 Å². The summed E-state index contributed by atoms with van der Waals surface area (Å²) >= 11 is 0. The molecule has 1 heterocycles. The van der Waals surface area contributed by atoms with E-state index >= 15 is 0 Å². The lowest BCUT2D eigenvalue weighted by Gasteiger charge is -2.35. The number of benzene rings is 2. The Labute approximate surface area is 142 Å². The third-order valence-corrected chi connectivity index (χ3v) is 6.10. The van der Waals surface area contributed by atoms with Crippen LogP contribution in [-0.2, 0) is 10.0 Å². The standard InChI is InChI=1S/C17H21N3O3S/c1-23-17-5-3-2-4-16(17)19-10-12-20(13-11-19)24(21,22)15-8-6-14(18)7-9-15/h2-9H,10-13,18H2,1H3. The second kappa shape index (κ2) is 6.70. The van der Waals surface area contributed by atoms with E-state index in [1.807, 2.05) is 24.3 Å². The molecule has 2 aromatic carbocycles. The van der Waals surface area contributed by atoms with Crippen molar-refractivity contribution in [2.45, 2.75) is 4.90 Å². The molecule has 2 N–H and O–H groups in total. The Morgan fingerprint density at radius 2 is 1.58 bits per heavy atom. The molecule has 0 aliphatic carbocycles. The number of nitrogens with two attached hydrogens (primary N) is 1. The number of piperazine rings is 1. The quantitative estimate of drug-likeness (QED) is 0.854. The molecule has 0 radical (unpaired) electrons. The zero-order chi connectivity index (χ0) is 17.2. The minimum Gasteiger partial charge on any atom is -0.495 e. The molecule has 6 nitrogen and oxygen atoms in total. The predicted molar refractivity (Wildman–Crippen MR) is 94.8 cm³/mol. The maximum Gasteiger partial charge on any atom is 0.243 e. The number of hydrogen-bond acceptors (Lipinski definition) is 5. The molecule has 1 fully saturated rings. The summed E-state index contributed by atoms with van der Waals surface area (Å²) in [4.78, 5) is 2.43. The van der Waals surface area contributed by atoms with Gasteiger partial charge in [0.2, 0.25) is 10.0 Å². The van der Waals surface area contributed by atoms with Crippen LogP contribution in [0.2, 0.25) is 0 Å². The van der Waals surface area contributed by atoms with Crippen LogP contribution in [0.1, 0.15) is 0 Å². The van der Waals surface area contributed by atoms with Crippen molar-refractivity contribution >= 4 is 21.4 Å². The highest BCUT2D eigenvalue weighted by molar-refractivity contribution is 7.89. The van der Waals surface area contributed by atoms with Crippen LogP contribution in [0.25, 0.3) is 0 Å². The number of nitrogen functional groups attached to an aromatic ring is 1. The topological polar surface area (TPSA) is 75.9 Å². The summed E-state index contributed by atoms with van der Waals surface area (Å²) in [6.45, 7) is 2.11. The van der Waals surface area contributed by atoms with Crippen molar-refractivity contribution in [3.05, 3.63) is 48.5 Å². The number of methoxy groups -OCH3 is 1. The zero-order valence-corrected chi connectivity index (χ0v) is 14.4. The molecular formula is C17H21N3O3S. The first kappa shape index (κ1) is 16.6. The van der Waals surface area contributed by atoms with Crippen LogP contribution in [0.3, 0.4) is 0 Å². The van der Waals surface area contributed by atoms with Gasteiger partial charge in [-0.3, -0.25) is 0 Å². The molecule has 7 heteroatoms. The number of nitrogens with zero attached hydrogens (tertiary/aromatic N) is 2. The van der Waals surface area contributed by atoms with Crippen molar-refractivity contribution in [1.29, 1.82) is 0 Å². The number of rotatable bonds is 4. The number of ether oxygens (including phenoxy) is 1. The third kappa shape index (κ3) is 3.18. The number of sulfonamides is 1. The second-order valence-corrected chi connectivity index (χ2v) is 7.57. The van der Waals surface area contributed by atoms with E-state index in [4.69, 9.17) is 10.5 Å². The van der Waals surface area contributed by atoms with Gasteiger partial charge in [-0.25, -0.2) is 8.42 Å². The summed E-state index contributed by atoms with van der Waals surface area (Å²) in [5.41, 5.74) is 7.17. The summed E-state index contributed by atoms with van der Waals surface area (Å²) in [6.07, 6.45) is 0. The van der Waals surface area contributed by atoms with Gasteiger partial charge in [0.25, 0.3) is 0 Å². The average molecular weight is 347 g/mol. The van der Waals surface area contributed by atoms with Gasteiger partial charge < -0.3 is 15.4 Å². The molecule has 0 amide bonds. The highest BCUT2D eigenvalue weighted by Crippen LogP contribution is 2.29. The lowest BCUT2D eigenvalue weighted by Crippen LogP contribution is -2.48. The summed E-state index contributed by atoms with van der Waals surface area (Å²) in [5, 5.41) is 0. The molecular weight excluding hydrogens is 326 g/mol. The minimum atomic E-state index is -3.48. The van der Waals surface area contributed by atoms with Crippen LogP contribution in [0.15, 0.2) is 53.4 Å². The fourth-order valence-electron chi connectivity index (χ4n) is 2.85. The predicted octanol–water partition coefficient (Wildman–Crippen LogP) is 1.79. The van der Waals surface area contributed by atoms with Crippen molar-refractivity contribution in [3.63, 3.8) is 0 Å². The fourth-order valence-corrected chi connectivity index (χ4v) is 4.27. The van der Waals surface area contributed by atoms with Crippen molar-refractivity contribution in [2.75, 3.05) is 43.9 Å². The molecule has 1 aliphatic heterocycles. The van der Waals surface area contributed by atoms with Gasteiger partial charge in [0, 0.05) is 31.9 Å². The van der Waals surface area contributed by atoms with E-state index in [1.165, 1.54) is 4.31 Å². The van der Waals surface area contributed by atoms with Gasteiger partial charge in [-0.15, -0.1) is 0 Å². The first-order chi connectivity index (χ1) is 11.5. The summed E-state index contributed by atoms with van der Waals surface area (Å²) < 4.78 is 32.3. The Hall–Kier alpha value is -2.25. The van der Waals surface area contributed by atoms with E-state index in [0.717, 1.165) is 11.4 Å². The van der Waals surface area contributed by atoms with Crippen LogP contribution < -0.4 is 15.4 Å². The molecule has 1 aliphatic rings. The van der Waals surface area contributed by atoms with E-state index in [-0.39, 0.29) is 4.90 Å². The normalized spacial score (nSPS) is 16.1. The molecule has 0 saturated carbocycles. The van der Waals surface area contributed by atoms with E-state index in [2.05, 4.69) is 4.90 Å². The highest BCUT2D eigenvalue weighted by atomic mass is 32.2. The maximum absolute atomic E-state index is 12.7. The number of hydrogen-bond donors (Lipinski definition) is 1. The van der Waals surface area contributed by atoms with Gasteiger partial charge in [0.05, 0.1) is 17.7 Å². The van der Waals surface area contributed by atoms with Gasteiger partial charge in [-0.2, -0.15) is 4.31 Å². The number of anilines is 2. The Balaban J connectivity index is 1.74. The highest BCUT2D eigenvalue weighted by Gasteiger charge is 2.29. The first-order valence-electron chi connectivity index (χ1n) is 7.76. The molecule has 24 heavy (non-hydrogen) atoms. The van der Waals surface area contributed by atoms with Crippen molar-refractivity contribution in [1.82, 2.24) is 4.31 Å². The van der Waals surface area contributed by atoms with E-state index in [0.29, 0.717) is 31.9 Å². The Morgan fingerprint density at radius 1 is 0.958 bits per heavy atom. The van der Waals surface area contributed by atoms with Crippen molar-refractivity contribution < 1.29 is 13.2 Å². The SMILES string of the molecule is COc1ccccc1N1CCN(S(=O)(=O)c2ccc(N)cc2)CC1. The van der Waals surface area contributed by atoms with Crippen molar-refractivity contribution in [2.24, 2.45) is 0 Å². The van der Waals surface area contributed by atoms with Crippen LogP contribution in [-0.4, -0.2) is 46.0 Å². The molecule has 2 aromatic rings. The van der Waals surface area contributed by atoms with Gasteiger partial charge in [0.1, 0.15) is 5.75 Å². The largest absolute Gasteiger partial charge is 0.495 e. The maximum atomic E-state index is 12.7. The zero-order valence-electron chi connectivity index (χ0n) is 13.6. The Bertz CT molecular complexity index is 798. The minimum absolute atomic E-state index is 0.280. The monoisotopic (exact) mass is 347 g/mol. The smallest absolute Gasteiger partial charge is 0.243 e. The molecule has 0 atom stereocenters.